The van der Waals surface area contributed by atoms with Crippen molar-refractivity contribution in [1.29, 1.82) is 0 Å². The van der Waals surface area contributed by atoms with Gasteiger partial charge in [0.15, 0.2) is 0 Å². The third-order valence-corrected chi connectivity index (χ3v) is 3.10. The van der Waals surface area contributed by atoms with E-state index in [1.54, 1.807) is 0 Å². The Bertz CT molecular complexity index is 206. The molecule has 1 fully saturated rings. The maximum absolute atomic E-state index is 13.1. The molecule has 1 N–H and O–H groups in total. The normalized spacial score (nSPS) is 29.9. The van der Waals surface area contributed by atoms with Gasteiger partial charge in [0.25, 0.3) is 0 Å². The first-order valence-corrected chi connectivity index (χ1v) is 5.91. The third kappa shape index (κ3) is 4.29. The molecule has 0 amide bonds. The van der Waals surface area contributed by atoms with Crippen LogP contribution in [0.5, 0.6) is 0 Å². The van der Waals surface area contributed by atoms with Gasteiger partial charge in [0.2, 0.25) is 0 Å². The highest BCUT2D eigenvalue weighted by molar-refractivity contribution is 5.61. The first-order valence-electron chi connectivity index (χ1n) is 5.91. The molecule has 0 saturated heterocycles. The summed E-state index contributed by atoms with van der Waals surface area (Å²) in [6.07, 6.45) is 4.54. The molecule has 2 nitrogen and oxygen atoms in total. The van der Waals surface area contributed by atoms with Crippen LogP contribution in [-0.4, -0.2) is 30.1 Å². The Balaban J connectivity index is 2.41. The molecule has 0 aromatic heterocycles. The molecule has 3 atom stereocenters. The Morgan fingerprint density at radius 3 is 2.73 bits per heavy atom. The number of nitrogens with zero attached hydrogens (tertiary/aromatic N) is 1. The highest BCUT2D eigenvalue weighted by Gasteiger charge is 2.20. The lowest BCUT2D eigenvalue weighted by Crippen LogP contribution is -2.21. The second-order valence-electron chi connectivity index (χ2n) is 4.82. The number of hydrogen-bond acceptors (Lipinski definition) is 2. The lowest BCUT2D eigenvalue weighted by atomic mass is 9.89. The fraction of sp³-hybridized carbons (Fsp3) is 0.917. The van der Waals surface area contributed by atoms with Crippen LogP contribution >= 0.6 is 0 Å². The van der Waals surface area contributed by atoms with Crippen LogP contribution in [-0.2, 0) is 0 Å². The van der Waals surface area contributed by atoms with Gasteiger partial charge in [0.05, 0.1) is 12.6 Å². The van der Waals surface area contributed by atoms with Crippen molar-refractivity contribution in [1.82, 2.24) is 0 Å². The van der Waals surface area contributed by atoms with Crippen molar-refractivity contribution in [2.75, 3.05) is 6.61 Å². The Morgan fingerprint density at radius 2 is 2.20 bits per heavy atom. The number of aliphatic hydroxyl groups is 1. The average Bonchev–Trinajstić information content (AvgIpc) is 2.18. The molecule has 1 rings (SSSR count). The van der Waals surface area contributed by atoms with E-state index in [1.807, 2.05) is 20.1 Å². The van der Waals surface area contributed by atoms with Gasteiger partial charge >= 0.3 is 0 Å². The Kier molecular flexibility index (Phi) is 5.23. The Morgan fingerprint density at radius 1 is 1.47 bits per heavy atom. The molecule has 1 aliphatic rings. The van der Waals surface area contributed by atoms with Crippen LogP contribution in [0.4, 0.5) is 4.39 Å². The minimum Gasteiger partial charge on any atom is -0.394 e. The fourth-order valence-electron chi connectivity index (χ4n) is 1.96. The van der Waals surface area contributed by atoms with Gasteiger partial charge in [-0.2, -0.15) is 0 Å². The van der Waals surface area contributed by atoms with E-state index in [0.717, 1.165) is 12.8 Å². The maximum Gasteiger partial charge on any atom is 0.101 e. The summed E-state index contributed by atoms with van der Waals surface area (Å²) in [5, 5.41) is 9.09. The molecule has 3 heteroatoms. The number of rotatable bonds is 4. The summed E-state index contributed by atoms with van der Waals surface area (Å²) >= 11 is 0. The van der Waals surface area contributed by atoms with E-state index >= 15 is 0 Å². The van der Waals surface area contributed by atoms with Crippen molar-refractivity contribution in [3.63, 3.8) is 0 Å². The Hall–Kier alpha value is -0.440. The third-order valence-electron chi connectivity index (χ3n) is 3.10. The van der Waals surface area contributed by atoms with E-state index in [0.29, 0.717) is 18.8 Å². The first-order chi connectivity index (χ1) is 7.13. The van der Waals surface area contributed by atoms with Gasteiger partial charge < -0.3 is 5.11 Å². The molecular formula is C12H22FNO. The average molecular weight is 215 g/mol. The first kappa shape index (κ1) is 12.6. The molecule has 1 saturated carbocycles. The number of halogens is 1. The molecular weight excluding hydrogens is 193 g/mol. The van der Waals surface area contributed by atoms with E-state index in [1.165, 1.54) is 0 Å². The minimum absolute atomic E-state index is 0.0232. The van der Waals surface area contributed by atoms with Gasteiger partial charge in [-0.05, 0) is 37.5 Å². The fourth-order valence-corrected chi connectivity index (χ4v) is 1.96. The topological polar surface area (TPSA) is 32.6 Å². The van der Waals surface area contributed by atoms with Gasteiger partial charge in [-0.1, -0.05) is 13.8 Å². The van der Waals surface area contributed by atoms with Crippen molar-refractivity contribution < 1.29 is 9.50 Å². The molecule has 15 heavy (non-hydrogen) atoms. The predicted octanol–water partition coefficient (Wildman–Crippen LogP) is 2.60. The van der Waals surface area contributed by atoms with Crippen molar-refractivity contribution in [3.05, 3.63) is 0 Å². The quantitative estimate of drug-likeness (QED) is 0.718. The lowest BCUT2D eigenvalue weighted by molar-refractivity contribution is 0.226. The molecule has 0 radical (unpaired) electrons. The molecule has 0 aliphatic heterocycles. The van der Waals surface area contributed by atoms with Crippen LogP contribution in [0.1, 0.15) is 39.5 Å². The molecule has 2 unspecified atom stereocenters. The van der Waals surface area contributed by atoms with E-state index in [9.17, 15) is 4.39 Å². The van der Waals surface area contributed by atoms with Crippen LogP contribution in [0.25, 0.3) is 0 Å². The van der Waals surface area contributed by atoms with Crippen LogP contribution in [0.3, 0.4) is 0 Å². The summed E-state index contributed by atoms with van der Waals surface area (Å²) in [6.45, 7) is 4.16. The number of aliphatic imine (C=N–C) groups is 1. The van der Waals surface area contributed by atoms with E-state index < -0.39 is 6.17 Å². The van der Waals surface area contributed by atoms with E-state index in [2.05, 4.69) is 4.99 Å². The standard InChI is InChI=1S/C12H22FNO/c1-9(2)12(8-15)14-7-10-4-3-5-11(13)6-10/h7,9-12,15H,3-6,8H2,1-2H3/t10?,11?,12-/m1/s1. The zero-order valence-electron chi connectivity index (χ0n) is 9.69. The van der Waals surface area contributed by atoms with Crippen molar-refractivity contribution in [2.24, 2.45) is 16.8 Å². The monoisotopic (exact) mass is 215 g/mol. The summed E-state index contributed by atoms with van der Waals surface area (Å²) in [7, 11) is 0. The largest absolute Gasteiger partial charge is 0.394 e. The number of alkyl halides is 1. The van der Waals surface area contributed by atoms with Crippen LogP contribution in [0, 0.1) is 11.8 Å². The summed E-state index contributed by atoms with van der Waals surface area (Å²) in [5.74, 6) is 0.623. The van der Waals surface area contributed by atoms with E-state index in [4.69, 9.17) is 5.11 Å². The molecule has 0 spiro atoms. The van der Waals surface area contributed by atoms with E-state index in [-0.39, 0.29) is 18.6 Å². The zero-order chi connectivity index (χ0) is 11.3. The van der Waals surface area contributed by atoms with Gasteiger partial charge in [-0.25, -0.2) is 4.39 Å². The lowest BCUT2D eigenvalue weighted by Gasteiger charge is -2.22. The van der Waals surface area contributed by atoms with Gasteiger partial charge in [-0.3, -0.25) is 4.99 Å². The molecule has 88 valence electrons. The second-order valence-corrected chi connectivity index (χ2v) is 4.82. The van der Waals surface area contributed by atoms with Crippen LogP contribution in [0.15, 0.2) is 4.99 Å². The summed E-state index contributed by atoms with van der Waals surface area (Å²) in [6, 6.07) is -0.0232. The summed E-state index contributed by atoms with van der Waals surface area (Å²) in [4.78, 5) is 4.36. The molecule has 0 aromatic rings. The number of aliphatic hydroxyl groups excluding tert-OH is 1. The highest BCUT2D eigenvalue weighted by atomic mass is 19.1. The molecule has 0 heterocycles. The van der Waals surface area contributed by atoms with Crippen LogP contribution in [0.2, 0.25) is 0 Å². The Labute approximate surface area is 91.6 Å². The highest BCUT2D eigenvalue weighted by Crippen LogP contribution is 2.25. The SMILES string of the molecule is CC(C)[C@@H](CO)N=CC1CCCC(F)C1. The minimum atomic E-state index is -0.651. The van der Waals surface area contributed by atoms with Gasteiger partial charge in [0.1, 0.15) is 6.17 Å². The maximum atomic E-state index is 13.1. The summed E-state index contributed by atoms with van der Waals surface area (Å²) in [5.41, 5.74) is 0. The molecule has 1 aliphatic carbocycles. The number of hydrogen-bond donors (Lipinski definition) is 1. The van der Waals surface area contributed by atoms with Crippen molar-refractivity contribution in [3.8, 4) is 0 Å². The van der Waals surface area contributed by atoms with Crippen LogP contribution < -0.4 is 0 Å². The summed E-state index contributed by atoms with van der Waals surface area (Å²) < 4.78 is 13.1. The van der Waals surface area contributed by atoms with Gasteiger partial charge in [0, 0.05) is 6.21 Å². The van der Waals surface area contributed by atoms with Crippen molar-refractivity contribution in [2.45, 2.75) is 51.7 Å². The molecule has 0 aromatic carbocycles. The smallest absolute Gasteiger partial charge is 0.101 e. The van der Waals surface area contributed by atoms with Gasteiger partial charge in [-0.15, -0.1) is 0 Å². The zero-order valence-corrected chi connectivity index (χ0v) is 9.69. The predicted molar refractivity (Wildman–Crippen MR) is 61.1 cm³/mol. The molecule has 0 bridgehead atoms. The second kappa shape index (κ2) is 6.21. The van der Waals surface area contributed by atoms with Crippen molar-refractivity contribution >= 4 is 6.21 Å².